The molecule has 1 aliphatic heterocycles. The van der Waals surface area contributed by atoms with Crippen molar-refractivity contribution in [2.45, 2.75) is 38.8 Å². The number of methoxy groups -OCH3 is 2. The number of likely N-dealkylation sites (tertiary alicyclic amines) is 1. The average Bonchev–Trinajstić information content (AvgIpc) is 3.11. The van der Waals surface area contributed by atoms with E-state index in [9.17, 15) is 9.59 Å². The number of para-hydroxylation sites is 1. The number of rotatable bonds is 9. The van der Waals surface area contributed by atoms with E-state index >= 15 is 0 Å². The van der Waals surface area contributed by atoms with Crippen molar-refractivity contribution in [1.29, 1.82) is 0 Å². The van der Waals surface area contributed by atoms with E-state index in [0.717, 1.165) is 24.0 Å². The number of amides is 2. The normalized spacial score (nSPS) is 18.4. The zero-order chi connectivity index (χ0) is 21.5. The molecule has 6 nitrogen and oxygen atoms in total. The molecule has 1 N–H and O–H groups in total. The summed E-state index contributed by atoms with van der Waals surface area (Å²) in [7, 11) is 3.17. The number of unbranched alkanes of at least 4 members (excludes halogenated alkanes) is 1. The highest BCUT2D eigenvalue weighted by atomic mass is 16.5. The molecule has 2 aromatic rings. The smallest absolute Gasteiger partial charge is 0.226 e. The van der Waals surface area contributed by atoms with Crippen LogP contribution in [0.4, 0.5) is 0 Å². The fraction of sp³-hybridized carbons (Fsp3) is 0.417. The van der Waals surface area contributed by atoms with Gasteiger partial charge in [-0.2, -0.15) is 0 Å². The van der Waals surface area contributed by atoms with E-state index < -0.39 is 5.92 Å². The Bertz CT molecular complexity index is 869. The number of nitrogens with zero attached hydrogens (tertiary/aromatic N) is 1. The molecule has 160 valence electrons. The summed E-state index contributed by atoms with van der Waals surface area (Å²) >= 11 is 0. The van der Waals surface area contributed by atoms with Gasteiger partial charge >= 0.3 is 0 Å². The second-order valence-electron chi connectivity index (χ2n) is 7.48. The first-order valence-corrected chi connectivity index (χ1v) is 10.4. The first-order chi connectivity index (χ1) is 14.6. The van der Waals surface area contributed by atoms with E-state index in [1.165, 1.54) is 0 Å². The largest absolute Gasteiger partial charge is 0.493 e. The number of hydrogen-bond acceptors (Lipinski definition) is 4. The molecule has 1 aliphatic rings. The highest BCUT2D eigenvalue weighted by Gasteiger charge is 2.45. The average molecular weight is 411 g/mol. The van der Waals surface area contributed by atoms with Crippen molar-refractivity contribution in [2.24, 2.45) is 5.92 Å². The third-order valence-electron chi connectivity index (χ3n) is 5.58. The number of benzene rings is 2. The Morgan fingerprint density at radius 2 is 1.87 bits per heavy atom. The summed E-state index contributed by atoms with van der Waals surface area (Å²) in [6.45, 7) is 3.13. The minimum atomic E-state index is -0.487. The highest BCUT2D eigenvalue weighted by Crippen LogP contribution is 2.45. The fourth-order valence-corrected chi connectivity index (χ4v) is 4.06. The van der Waals surface area contributed by atoms with E-state index in [4.69, 9.17) is 9.47 Å². The second kappa shape index (κ2) is 10.1. The van der Waals surface area contributed by atoms with E-state index in [-0.39, 0.29) is 24.3 Å². The van der Waals surface area contributed by atoms with E-state index in [1.54, 1.807) is 14.2 Å². The van der Waals surface area contributed by atoms with Crippen LogP contribution in [-0.2, 0) is 16.1 Å². The van der Waals surface area contributed by atoms with Gasteiger partial charge in [-0.1, -0.05) is 55.8 Å². The number of nitrogens with one attached hydrogen (secondary N) is 1. The standard InChI is InChI=1S/C24H30N2O4/c1-4-5-14-26-21(27)15-19(24(28)25-16-17-10-7-6-8-11-17)22(26)18-12-9-13-20(29-2)23(18)30-3/h6-13,19,22H,4-5,14-16H2,1-3H3,(H,25,28)/t19-,22-/m0/s1. The fourth-order valence-electron chi connectivity index (χ4n) is 4.06. The van der Waals surface area contributed by atoms with Crippen molar-refractivity contribution in [1.82, 2.24) is 10.2 Å². The Morgan fingerprint density at radius 3 is 2.53 bits per heavy atom. The topological polar surface area (TPSA) is 67.9 Å². The predicted octanol–water partition coefficient (Wildman–Crippen LogP) is 3.71. The van der Waals surface area contributed by atoms with Gasteiger partial charge in [-0.25, -0.2) is 0 Å². The van der Waals surface area contributed by atoms with Crippen LogP contribution in [0, 0.1) is 5.92 Å². The van der Waals surface area contributed by atoms with Crippen LogP contribution in [0.3, 0.4) is 0 Å². The predicted molar refractivity (Wildman–Crippen MR) is 115 cm³/mol. The van der Waals surface area contributed by atoms with Gasteiger partial charge in [0.25, 0.3) is 0 Å². The Hall–Kier alpha value is -3.02. The lowest BCUT2D eigenvalue weighted by Gasteiger charge is -2.30. The van der Waals surface area contributed by atoms with Gasteiger partial charge in [-0.05, 0) is 18.1 Å². The summed E-state index contributed by atoms with van der Waals surface area (Å²) in [5.41, 5.74) is 1.83. The molecule has 0 saturated carbocycles. The molecule has 2 amide bonds. The maximum atomic E-state index is 13.2. The third-order valence-corrected chi connectivity index (χ3v) is 5.58. The molecule has 3 rings (SSSR count). The Labute approximate surface area is 178 Å². The van der Waals surface area contributed by atoms with Crippen molar-refractivity contribution in [2.75, 3.05) is 20.8 Å². The van der Waals surface area contributed by atoms with Crippen molar-refractivity contribution >= 4 is 11.8 Å². The van der Waals surface area contributed by atoms with Crippen molar-refractivity contribution in [3.63, 3.8) is 0 Å². The van der Waals surface area contributed by atoms with Gasteiger partial charge in [0.2, 0.25) is 11.8 Å². The minimum absolute atomic E-state index is 0.00168. The summed E-state index contributed by atoms with van der Waals surface area (Å²) in [6.07, 6.45) is 2.04. The molecule has 2 atom stereocenters. The van der Waals surface area contributed by atoms with Crippen molar-refractivity contribution in [3.8, 4) is 11.5 Å². The van der Waals surface area contributed by atoms with Crippen LogP contribution in [-0.4, -0.2) is 37.5 Å². The maximum Gasteiger partial charge on any atom is 0.226 e. The van der Waals surface area contributed by atoms with Gasteiger partial charge in [0.05, 0.1) is 26.2 Å². The molecule has 1 fully saturated rings. The third kappa shape index (κ3) is 4.58. The lowest BCUT2D eigenvalue weighted by Crippen LogP contribution is -2.36. The molecular formula is C24H30N2O4. The van der Waals surface area contributed by atoms with Gasteiger partial charge < -0.3 is 19.7 Å². The van der Waals surface area contributed by atoms with Crippen LogP contribution in [0.15, 0.2) is 48.5 Å². The number of carbonyl (C=O) groups is 2. The Balaban J connectivity index is 1.91. The molecule has 30 heavy (non-hydrogen) atoms. The van der Waals surface area contributed by atoms with Crippen LogP contribution in [0.25, 0.3) is 0 Å². The van der Waals surface area contributed by atoms with Gasteiger partial charge in [-0.15, -0.1) is 0 Å². The van der Waals surface area contributed by atoms with Gasteiger partial charge in [-0.3, -0.25) is 9.59 Å². The summed E-state index contributed by atoms with van der Waals surface area (Å²) in [5, 5.41) is 3.01. The Kier molecular flexibility index (Phi) is 7.33. The maximum absolute atomic E-state index is 13.2. The zero-order valence-electron chi connectivity index (χ0n) is 17.9. The monoisotopic (exact) mass is 410 g/mol. The number of ether oxygens (including phenoxy) is 2. The van der Waals surface area contributed by atoms with Crippen LogP contribution in [0.2, 0.25) is 0 Å². The molecule has 0 aromatic heterocycles. The second-order valence-corrected chi connectivity index (χ2v) is 7.48. The van der Waals surface area contributed by atoms with Gasteiger partial charge in [0.15, 0.2) is 11.5 Å². The lowest BCUT2D eigenvalue weighted by atomic mass is 9.91. The van der Waals surface area contributed by atoms with Gasteiger partial charge in [0, 0.05) is 25.1 Å². The molecule has 0 aliphatic carbocycles. The quantitative estimate of drug-likeness (QED) is 0.684. The van der Waals surface area contributed by atoms with Crippen LogP contribution in [0.1, 0.15) is 43.4 Å². The number of hydrogen-bond donors (Lipinski definition) is 1. The summed E-state index contributed by atoms with van der Waals surface area (Å²) in [6, 6.07) is 15.0. The minimum Gasteiger partial charge on any atom is -0.493 e. The highest BCUT2D eigenvalue weighted by molar-refractivity contribution is 5.90. The SMILES string of the molecule is CCCCN1C(=O)C[C@H](C(=O)NCc2ccccc2)[C@@H]1c1cccc(OC)c1OC. The molecule has 0 radical (unpaired) electrons. The van der Waals surface area contributed by atoms with Crippen LogP contribution < -0.4 is 14.8 Å². The number of carbonyl (C=O) groups excluding carboxylic acids is 2. The van der Waals surface area contributed by atoms with Gasteiger partial charge in [0.1, 0.15) is 0 Å². The molecule has 6 heteroatoms. The Morgan fingerprint density at radius 1 is 1.10 bits per heavy atom. The zero-order valence-corrected chi connectivity index (χ0v) is 17.9. The first kappa shape index (κ1) is 21.7. The molecule has 0 unspecified atom stereocenters. The molecular weight excluding hydrogens is 380 g/mol. The summed E-state index contributed by atoms with van der Waals surface area (Å²) in [5.74, 6) is 0.550. The summed E-state index contributed by atoms with van der Waals surface area (Å²) in [4.78, 5) is 27.9. The summed E-state index contributed by atoms with van der Waals surface area (Å²) < 4.78 is 11.1. The lowest BCUT2D eigenvalue weighted by molar-refractivity contribution is -0.129. The van der Waals surface area contributed by atoms with E-state index in [0.29, 0.717) is 24.6 Å². The van der Waals surface area contributed by atoms with Crippen LogP contribution in [0.5, 0.6) is 11.5 Å². The van der Waals surface area contributed by atoms with Crippen LogP contribution >= 0.6 is 0 Å². The molecule has 1 saturated heterocycles. The van der Waals surface area contributed by atoms with E-state index in [2.05, 4.69) is 12.2 Å². The molecule has 2 aromatic carbocycles. The van der Waals surface area contributed by atoms with Crippen molar-refractivity contribution < 1.29 is 19.1 Å². The molecule has 1 heterocycles. The molecule has 0 bridgehead atoms. The van der Waals surface area contributed by atoms with Crippen molar-refractivity contribution in [3.05, 3.63) is 59.7 Å². The first-order valence-electron chi connectivity index (χ1n) is 10.4. The van der Waals surface area contributed by atoms with E-state index in [1.807, 2.05) is 53.4 Å². The molecule has 0 spiro atoms.